The molecule has 3 rings (SSSR count). The van der Waals surface area contributed by atoms with Crippen molar-refractivity contribution in [2.24, 2.45) is 0 Å². The van der Waals surface area contributed by atoms with Crippen molar-refractivity contribution in [1.29, 1.82) is 5.26 Å². The molecule has 21 heavy (non-hydrogen) atoms. The molecule has 1 atom stereocenters. The molecule has 1 aromatic carbocycles. The second-order valence-electron chi connectivity index (χ2n) is 5.15. The van der Waals surface area contributed by atoms with Gasteiger partial charge in [0, 0.05) is 17.4 Å². The number of fused-ring (bicyclic) bond motifs is 1. The van der Waals surface area contributed by atoms with Gasteiger partial charge in [-0.2, -0.15) is 5.26 Å². The van der Waals surface area contributed by atoms with Gasteiger partial charge in [-0.3, -0.25) is 4.79 Å². The van der Waals surface area contributed by atoms with Crippen LogP contribution >= 0.6 is 0 Å². The summed E-state index contributed by atoms with van der Waals surface area (Å²) in [6, 6.07) is 9.67. The molecule has 2 N–H and O–H groups in total. The Morgan fingerprint density at radius 1 is 1.33 bits per heavy atom. The zero-order valence-corrected chi connectivity index (χ0v) is 11.3. The van der Waals surface area contributed by atoms with Gasteiger partial charge >= 0.3 is 0 Å². The van der Waals surface area contributed by atoms with E-state index in [1.165, 1.54) is 18.2 Å². The molecule has 5 heteroatoms. The summed E-state index contributed by atoms with van der Waals surface area (Å²) in [5.41, 5.74) is 2.65. The zero-order valence-electron chi connectivity index (χ0n) is 11.3. The van der Waals surface area contributed by atoms with E-state index in [2.05, 4.69) is 10.3 Å². The maximum absolute atomic E-state index is 13.3. The third-order valence-electron chi connectivity index (χ3n) is 3.76. The van der Waals surface area contributed by atoms with Gasteiger partial charge in [0.25, 0.3) is 0 Å². The van der Waals surface area contributed by atoms with E-state index >= 15 is 0 Å². The Hall–Kier alpha value is -2.61. The van der Waals surface area contributed by atoms with Crippen LogP contribution in [0.15, 0.2) is 35.1 Å². The van der Waals surface area contributed by atoms with E-state index in [4.69, 9.17) is 5.26 Å². The molecule has 2 aromatic rings. The Kier molecular flexibility index (Phi) is 3.44. The number of pyridine rings is 1. The van der Waals surface area contributed by atoms with Gasteiger partial charge in [0.2, 0.25) is 5.56 Å². The molecule has 0 saturated heterocycles. The number of aromatic nitrogens is 1. The second kappa shape index (κ2) is 5.41. The van der Waals surface area contributed by atoms with Crippen molar-refractivity contribution in [3.8, 4) is 6.07 Å². The summed E-state index contributed by atoms with van der Waals surface area (Å²) >= 11 is 0. The Bertz CT molecular complexity index is 776. The molecule has 4 nitrogen and oxygen atoms in total. The maximum Gasteiger partial charge on any atom is 0.248 e. The number of nitrogens with zero attached hydrogens (tertiary/aromatic N) is 1. The van der Waals surface area contributed by atoms with Crippen LogP contribution in [-0.4, -0.2) is 4.98 Å². The normalized spacial score (nSPS) is 16.9. The largest absolute Gasteiger partial charge is 0.378 e. The van der Waals surface area contributed by atoms with Crippen LogP contribution in [0.25, 0.3) is 0 Å². The van der Waals surface area contributed by atoms with Crippen molar-refractivity contribution in [3.05, 3.63) is 63.3 Å². The standard InChI is InChI=1S/C16H14FN3O/c17-13-6-4-11(8-10(13)9-18)19-14-2-1-3-15-12(14)5-7-16(21)20-15/h4-8,14,19H,1-3H2,(H,20,21). The monoisotopic (exact) mass is 283 g/mol. The molecule has 0 saturated carbocycles. The van der Waals surface area contributed by atoms with Gasteiger partial charge in [-0.05, 0) is 49.1 Å². The zero-order chi connectivity index (χ0) is 14.8. The highest BCUT2D eigenvalue weighted by molar-refractivity contribution is 5.51. The molecule has 1 aliphatic rings. The summed E-state index contributed by atoms with van der Waals surface area (Å²) in [4.78, 5) is 14.2. The van der Waals surface area contributed by atoms with Gasteiger partial charge < -0.3 is 10.3 Å². The Labute approximate surface area is 121 Å². The molecule has 0 bridgehead atoms. The second-order valence-corrected chi connectivity index (χ2v) is 5.15. The van der Waals surface area contributed by atoms with Gasteiger partial charge in [-0.25, -0.2) is 4.39 Å². The molecule has 0 aliphatic heterocycles. The summed E-state index contributed by atoms with van der Waals surface area (Å²) in [6.07, 6.45) is 2.76. The quantitative estimate of drug-likeness (QED) is 0.890. The van der Waals surface area contributed by atoms with Crippen LogP contribution in [0.3, 0.4) is 0 Å². The first-order chi connectivity index (χ1) is 10.2. The lowest BCUT2D eigenvalue weighted by Crippen LogP contribution is -2.21. The van der Waals surface area contributed by atoms with Crippen molar-refractivity contribution >= 4 is 5.69 Å². The first-order valence-electron chi connectivity index (χ1n) is 6.85. The van der Waals surface area contributed by atoms with Crippen LogP contribution in [0.1, 0.15) is 35.7 Å². The Morgan fingerprint density at radius 3 is 3.00 bits per heavy atom. The number of hydrogen-bond donors (Lipinski definition) is 2. The van der Waals surface area contributed by atoms with E-state index in [9.17, 15) is 9.18 Å². The average molecular weight is 283 g/mol. The lowest BCUT2D eigenvalue weighted by Gasteiger charge is -2.26. The highest BCUT2D eigenvalue weighted by atomic mass is 19.1. The van der Waals surface area contributed by atoms with Crippen LogP contribution in [0.5, 0.6) is 0 Å². The molecular formula is C16H14FN3O. The molecule has 0 amide bonds. The predicted octanol–water partition coefficient (Wildman–Crippen LogP) is 2.88. The summed E-state index contributed by atoms with van der Waals surface area (Å²) in [7, 11) is 0. The van der Waals surface area contributed by atoms with Crippen molar-refractivity contribution in [2.75, 3.05) is 5.32 Å². The number of nitrogens with one attached hydrogen (secondary N) is 2. The van der Waals surface area contributed by atoms with Gasteiger partial charge in [0.1, 0.15) is 11.9 Å². The van der Waals surface area contributed by atoms with Crippen LogP contribution in [0.4, 0.5) is 10.1 Å². The van der Waals surface area contributed by atoms with E-state index in [1.54, 1.807) is 6.07 Å². The average Bonchev–Trinajstić information content (AvgIpc) is 2.49. The van der Waals surface area contributed by atoms with Crippen LogP contribution in [-0.2, 0) is 6.42 Å². The molecule has 1 aromatic heterocycles. The topological polar surface area (TPSA) is 68.7 Å². The molecule has 0 fully saturated rings. The summed E-state index contributed by atoms with van der Waals surface area (Å²) in [5, 5.41) is 12.2. The number of halogens is 1. The van der Waals surface area contributed by atoms with Crippen LogP contribution < -0.4 is 10.9 Å². The predicted molar refractivity (Wildman–Crippen MR) is 77.5 cm³/mol. The lowest BCUT2D eigenvalue weighted by molar-refractivity contribution is 0.586. The van der Waals surface area contributed by atoms with E-state index in [0.29, 0.717) is 5.69 Å². The van der Waals surface area contributed by atoms with E-state index in [-0.39, 0.29) is 17.2 Å². The molecule has 1 heterocycles. The van der Waals surface area contributed by atoms with Crippen molar-refractivity contribution in [3.63, 3.8) is 0 Å². The SMILES string of the molecule is N#Cc1cc(NC2CCCc3[nH]c(=O)ccc32)ccc1F. The minimum Gasteiger partial charge on any atom is -0.378 e. The van der Waals surface area contributed by atoms with Gasteiger partial charge in [-0.15, -0.1) is 0 Å². The van der Waals surface area contributed by atoms with Crippen LogP contribution in [0.2, 0.25) is 0 Å². The fourth-order valence-electron chi connectivity index (χ4n) is 2.75. The highest BCUT2D eigenvalue weighted by Crippen LogP contribution is 2.31. The highest BCUT2D eigenvalue weighted by Gasteiger charge is 2.20. The molecule has 1 unspecified atom stereocenters. The maximum atomic E-state index is 13.3. The third kappa shape index (κ3) is 2.65. The number of aryl methyl sites for hydroxylation is 1. The number of H-pyrrole nitrogens is 1. The van der Waals surface area contributed by atoms with Gasteiger partial charge in [-0.1, -0.05) is 0 Å². The molecular weight excluding hydrogens is 269 g/mol. The van der Waals surface area contributed by atoms with Crippen molar-refractivity contribution < 1.29 is 4.39 Å². The molecule has 106 valence electrons. The number of aromatic amines is 1. The number of nitriles is 1. The minimum atomic E-state index is -0.517. The summed E-state index contributed by atoms with van der Waals surface area (Å²) < 4.78 is 13.3. The van der Waals surface area contributed by atoms with E-state index in [1.807, 2.05) is 12.1 Å². The summed E-state index contributed by atoms with van der Waals surface area (Å²) in [5.74, 6) is -0.517. The first kappa shape index (κ1) is 13.4. The Morgan fingerprint density at radius 2 is 2.19 bits per heavy atom. The molecule has 0 spiro atoms. The molecule has 0 radical (unpaired) electrons. The first-order valence-corrected chi connectivity index (χ1v) is 6.85. The van der Waals surface area contributed by atoms with Gasteiger partial charge in [0.15, 0.2) is 0 Å². The van der Waals surface area contributed by atoms with E-state index < -0.39 is 5.82 Å². The van der Waals surface area contributed by atoms with E-state index in [0.717, 1.165) is 30.5 Å². The lowest BCUT2D eigenvalue weighted by atomic mass is 9.91. The number of benzene rings is 1. The van der Waals surface area contributed by atoms with Crippen LogP contribution in [0, 0.1) is 17.1 Å². The van der Waals surface area contributed by atoms with Gasteiger partial charge in [0.05, 0.1) is 11.6 Å². The number of rotatable bonds is 2. The number of hydrogen-bond acceptors (Lipinski definition) is 3. The molecule has 1 aliphatic carbocycles. The Balaban J connectivity index is 1.90. The number of anilines is 1. The summed E-state index contributed by atoms with van der Waals surface area (Å²) in [6.45, 7) is 0. The third-order valence-corrected chi connectivity index (χ3v) is 3.76. The fourth-order valence-corrected chi connectivity index (χ4v) is 2.75. The smallest absolute Gasteiger partial charge is 0.248 e. The van der Waals surface area contributed by atoms with Crippen molar-refractivity contribution in [1.82, 2.24) is 4.98 Å². The fraction of sp³-hybridized carbons (Fsp3) is 0.250. The van der Waals surface area contributed by atoms with Crippen molar-refractivity contribution in [2.45, 2.75) is 25.3 Å². The minimum absolute atomic E-state index is 0.0255.